The first-order valence-electron chi connectivity index (χ1n) is 6.64. The Hall–Kier alpha value is -1.30. The molecule has 1 aromatic heterocycles. The number of anilines is 1. The third kappa shape index (κ3) is 2.54. The standard InChI is InChI=1S/C13H17N3O2S/c17-12(18)6-9-7-19-5-4-16(9)13-10-2-1-3-11(10)14-8-15-13/h8-9H,1-7H2,(H,17,18). The van der Waals surface area contributed by atoms with E-state index in [0.717, 1.165) is 48.8 Å². The lowest BCUT2D eigenvalue weighted by atomic mass is 10.1. The van der Waals surface area contributed by atoms with Crippen molar-refractivity contribution >= 4 is 23.5 Å². The van der Waals surface area contributed by atoms with Crippen LogP contribution < -0.4 is 4.90 Å². The number of carboxylic acid groups (broad SMARTS) is 1. The fourth-order valence-corrected chi connectivity index (χ4v) is 3.96. The normalized spacial score (nSPS) is 22.3. The van der Waals surface area contributed by atoms with E-state index < -0.39 is 5.97 Å². The second-order valence-electron chi connectivity index (χ2n) is 5.00. The van der Waals surface area contributed by atoms with Crippen molar-refractivity contribution < 1.29 is 9.90 Å². The largest absolute Gasteiger partial charge is 0.481 e. The Morgan fingerprint density at radius 1 is 1.47 bits per heavy atom. The molecule has 0 aromatic carbocycles. The summed E-state index contributed by atoms with van der Waals surface area (Å²) in [7, 11) is 0. The van der Waals surface area contributed by atoms with Crippen molar-refractivity contribution in [3.8, 4) is 0 Å². The van der Waals surface area contributed by atoms with Crippen molar-refractivity contribution in [3.63, 3.8) is 0 Å². The first-order chi connectivity index (χ1) is 9.25. The topological polar surface area (TPSA) is 66.3 Å². The first-order valence-corrected chi connectivity index (χ1v) is 7.80. The van der Waals surface area contributed by atoms with Crippen LogP contribution in [0.1, 0.15) is 24.1 Å². The minimum atomic E-state index is -0.733. The van der Waals surface area contributed by atoms with Gasteiger partial charge in [0.1, 0.15) is 12.1 Å². The van der Waals surface area contributed by atoms with Gasteiger partial charge in [-0.05, 0) is 19.3 Å². The Bertz CT molecular complexity index is 495. The summed E-state index contributed by atoms with van der Waals surface area (Å²) < 4.78 is 0. The average Bonchev–Trinajstić information content (AvgIpc) is 2.87. The summed E-state index contributed by atoms with van der Waals surface area (Å²) in [5.41, 5.74) is 2.39. The van der Waals surface area contributed by atoms with Gasteiger partial charge in [-0.25, -0.2) is 9.97 Å². The van der Waals surface area contributed by atoms with Crippen LogP contribution in [0.4, 0.5) is 5.82 Å². The zero-order chi connectivity index (χ0) is 13.2. The van der Waals surface area contributed by atoms with Gasteiger partial charge in [-0.3, -0.25) is 4.79 Å². The fourth-order valence-electron chi connectivity index (χ4n) is 2.89. The van der Waals surface area contributed by atoms with E-state index in [1.54, 1.807) is 6.33 Å². The molecule has 102 valence electrons. The summed E-state index contributed by atoms with van der Waals surface area (Å²) in [6.45, 7) is 0.881. The van der Waals surface area contributed by atoms with E-state index >= 15 is 0 Å². The lowest BCUT2D eigenvalue weighted by Crippen LogP contribution is -2.44. The van der Waals surface area contributed by atoms with Crippen LogP contribution in [0, 0.1) is 0 Å². The SMILES string of the molecule is O=C(O)CC1CSCCN1c1ncnc2c1CCC2. The lowest BCUT2D eigenvalue weighted by Gasteiger charge is -2.36. The predicted molar refractivity (Wildman–Crippen MR) is 74.8 cm³/mol. The van der Waals surface area contributed by atoms with Crippen LogP contribution in [-0.4, -0.2) is 45.1 Å². The van der Waals surface area contributed by atoms with Gasteiger partial charge < -0.3 is 10.0 Å². The van der Waals surface area contributed by atoms with Crippen LogP contribution in [-0.2, 0) is 17.6 Å². The highest BCUT2D eigenvalue weighted by molar-refractivity contribution is 7.99. The van der Waals surface area contributed by atoms with E-state index in [4.69, 9.17) is 5.11 Å². The maximum Gasteiger partial charge on any atom is 0.305 e. The molecule has 1 unspecified atom stereocenters. The number of aromatic nitrogens is 2. The Balaban J connectivity index is 1.90. The molecule has 0 radical (unpaired) electrons. The molecule has 0 amide bonds. The quantitative estimate of drug-likeness (QED) is 0.901. The number of hydrogen-bond donors (Lipinski definition) is 1. The molecule has 3 rings (SSSR count). The Morgan fingerprint density at radius 2 is 2.37 bits per heavy atom. The van der Waals surface area contributed by atoms with Gasteiger partial charge in [0.2, 0.25) is 0 Å². The van der Waals surface area contributed by atoms with Gasteiger partial charge in [0.15, 0.2) is 0 Å². The molecule has 1 saturated heterocycles. The van der Waals surface area contributed by atoms with Gasteiger partial charge in [-0.15, -0.1) is 0 Å². The molecule has 1 aliphatic carbocycles. The minimum Gasteiger partial charge on any atom is -0.481 e. The van der Waals surface area contributed by atoms with Crippen LogP contribution in [0.15, 0.2) is 6.33 Å². The number of rotatable bonds is 3. The maximum atomic E-state index is 11.0. The highest BCUT2D eigenvalue weighted by atomic mass is 32.2. The molecule has 6 heteroatoms. The molecule has 1 aromatic rings. The van der Waals surface area contributed by atoms with Crippen molar-refractivity contribution in [2.75, 3.05) is 23.0 Å². The van der Waals surface area contributed by atoms with Crippen LogP contribution >= 0.6 is 11.8 Å². The zero-order valence-corrected chi connectivity index (χ0v) is 11.5. The predicted octanol–water partition coefficient (Wildman–Crippen LogP) is 1.36. The second-order valence-corrected chi connectivity index (χ2v) is 6.15. The zero-order valence-electron chi connectivity index (χ0n) is 10.7. The molecular weight excluding hydrogens is 262 g/mol. The summed E-state index contributed by atoms with van der Waals surface area (Å²) in [6, 6.07) is 0.0517. The summed E-state index contributed by atoms with van der Waals surface area (Å²) in [6.07, 6.45) is 4.99. The summed E-state index contributed by atoms with van der Waals surface area (Å²) in [4.78, 5) is 22.0. The van der Waals surface area contributed by atoms with E-state index in [2.05, 4.69) is 14.9 Å². The van der Waals surface area contributed by atoms with Gasteiger partial charge in [-0.2, -0.15) is 11.8 Å². The van der Waals surface area contributed by atoms with Gasteiger partial charge >= 0.3 is 5.97 Å². The molecule has 0 saturated carbocycles. The summed E-state index contributed by atoms with van der Waals surface area (Å²) in [5, 5.41) is 9.06. The molecule has 2 heterocycles. The third-order valence-electron chi connectivity index (χ3n) is 3.76. The van der Waals surface area contributed by atoms with Gasteiger partial charge in [0.05, 0.1) is 6.42 Å². The van der Waals surface area contributed by atoms with Crippen LogP contribution in [0.5, 0.6) is 0 Å². The van der Waals surface area contributed by atoms with Crippen molar-refractivity contribution in [1.82, 2.24) is 9.97 Å². The number of carboxylic acids is 1. The molecule has 1 N–H and O–H groups in total. The Labute approximate surface area is 116 Å². The molecule has 1 fully saturated rings. The minimum absolute atomic E-state index is 0.0517. The maximum absolute atomic E-state index is 11.0. The third-order valence-corrected chi connectivity index (χ3v) is 4.85. The number of carbonyl (C=O) groups is 1. The molecule has 19 heavy (non-hydrogen) atoms. The molecule has 2 aliphatic rings. The molecule has 5 nitrogen and oxygen atoms in total. The smallest absolute Gasteiger partial charge is 0.305 e. The van der Waals surface area contributed by atoms with Gasteiger partial charge in [0, 0.05) is 35.3 Å². The van der Waals surface area contributed by atoms with E-state index in [-0.39, 0.29) is 12.5 Å². The first kappa shape index (κ1) is 12.7. The van der Waals surface area contributed by atoms with Gasteiger partial charge in [-0.1, -0.05) is 0 Å². The van der Waals surface area contributed by atoms with E-state index in [0.29, 0.717) is 0 Å². The van der Waals surface area contributed by atoms with E-state index in [9.17, 15) is 4.79 Å². The molecule has 1 aliphatic heterocycles. The monoisotopic (exact) mass is 279 g/mol. The average molecular weight is 279 g/mol. The molecule has 0 bridgehead atoms. The number of hydrogen-bond acceptors (Lipinski definition) is 5. The molecule has 1 atom stereocenters. The summed E-state index contributed by atoms with van der Waals surface area (Å²) >= 11 is 1.83. The van der Waals surface area contributed by atoms with E-state index in [1.165, 1.54) is 5.56 Å². The number of aryl methyl sites for hydroxylation is 1. The Morgan fingerprint density at radius 3 is 3.21 bits per heavy atom. The van der Waals surface area contributed by atoms with Crippen molar-refractivity contribution in [1.29, 1.82) is 0 Å². The molecular formula is C13H17N3O2S. The van der Waals surface area contributed by atoms with E-state index in [1.807, 2.05) is 11.8 Å². The molecule has 0 spiro atoms. The lowest BCUT2D eigenvalue weighted by molar-refractivity contribution is -0.137. The number of aliphatic carboxylic acids is 1. The summed E-state index contributed by atoms with van der Waals surface area (Å²) in [5.74, 6) is 2.15. The van der Waals surface area contributed by atoms with Crippen molar-refractivity contribution in [3.05, 3.63) is 17.6 Å². The fraction of sp³-hybridized carbons (Fsp3) is 0.615. The van der Waals surface area contributed by atoms with Crippen LogP contribution in [0.3, 0.4) is 0 Å². The number of thioether (sulfide) groups is 1. The highest BCUT2D eigenvalue weighted by Crippen LogP contribution is 2.32. The van der Waals surface area contributed by atoms with Crippen molar-refractivity contribution in [2.24, 2.45) is 0 Å². The second kappa shape index (κ2) is 5.36. The van der Waals surface area contributed by atoms with Crippen LogP contribution in [0.25, 0.3) is 0 Å². The number of fused-ring (bicyclic) bond motifs is 1. The highest BCUT2D eigenvalue weighted by Gasteiger charge is 2.29. The van der Waals surface area contributed by atoms with Crippen LogP contribution in [0.2, 0.25) is 0 Å². The Kier molecular flexibility index (Phi) is 3.59. The van der Waals surface area contributed by atoms with Gasteiger partial charge in [0.25, 0.3) is 0 Å². The number of nitrogens with zero attached hydrogens (tertiary/aromatic N) is 3. The van der Waals surface area contributed by atoms with Crippen molar-refractivity contribution in [2.45, 2.75) is 31.7 Å².